The lowest BCUT2D eigenvalue weighted by Crippen LogP contribution is -2.33. The minimum atomic E-state index is -3.88. The van der Waals surface area contributed by atoms with Crippen molar-refractivity contribution in [3.63, 3.8) is 0 Å². The average molecular weight is 376 g/mol. The first-order valence-electron chi connectivity index (χ1n) is 7.54. The fourth-order valence-electron chi connectivity index (χ4n) is 2.62. The number of carbonyl (C=O) groups excluding carboxylic acids is 2. The predicted octanol–water partition coefficient (Wildman–Crippen LogP) is 2.58. The maximum atomic E-state index is 12.4. The summed E-state index contributed by atoms with van der Waals surface area (Å²) >= 11 is 1.50. The molecule has 2 aromatic carbocycles. The second-order valence-corrected chi connectivity index (χ2v) is 8.06. The molecule has 0 unspecified atom stereocenters. The summed E-state index contributed by atoms with van der Waals surface area (Å²) in [5.74, 6) is -0.937. The van der Waals surface area contributed by atoms with Crippen LogP contribution in [0.2, 0.25) is 0 Å². The zero-order chi connectivity index (χ0) is 18.0. The van der Waals surface area contributed by atoms with Crippen LogP contribution in [0.25, 0.3) is 0 Å². The van der Waals surface area contributed by atoms with Crippen LogP contribution in [0, 0.1) is 0 Å². The van der Waals surface area contributed by atoms with E-state index in [-0.39, 0.29) is 29.3 Å². The Labute approximate surface area is 150 Å². The number of para-hydroxylation sites is 1. The van der Waals surface area contributed by atoms with Crippen molar-refractivity contribution in [2.24, 2.45) is 0 Å². The van der Waals surface area contributed by atoms with Crippen molar-refractivity contribution in [1.29, 1.82) is 0 Å². The molecule has 2 amide bonds. The van der Waals surface area contributed by atoms with Gasteiger partial charge in [0.05, 0.1) is 11.3 Å². The third kappa shape index (κ3) is 3.27. The van der Waals surface area contributed by atoms with Crippen molar-refractivity contribution in [1.82, 2.24) is 4.31 Å². The van der Waals surface area contributed by atoms with Crippen LogP contribution in [0.15, 0.2) is 58.3 Å². The second kappa shape index (κ2) is 6.89. The summed E-state index contributed by atoms with van der Waals surface area (Å²) in [6, 6.07) is 13.4. The standard InChI is InChI=1S/C17H16N2O4S2/c1-24-14-8-4-3-7-13(14)18-16(20)10-11-19-17(21)12-6-2-5-9-15(12)25(19,22)23/h2-9H,10-11H2,1H3,(H,18,20). The molecular weight excluding hydrogens is 360 g/mol. The first kappa shape index (κ1) is 17.5. The van der Waals surface area contributed by atoms with Crippen LogP contribution in [-0.4, -0.2) is 37.3 Å². The van der Waals surface area contributed by atoms with E-state index in [2.05, 4.69) is 5.32 Å². The number of nitrogens with zero attached hydrogens (tertiary/aromatic N) is 1. The van der Waals surface area contributed by atoms with Gasteiger partial charge in [-0.25, -0.2) is 12.7 Å². The van der Waals surface area contributed by atoms with Crippen molar-refractivity contribution >= 4 is 39.3 Å². The van der Waals surface area contributed by atoms with E-state index < -0.39 is 15.9 Å². The van der Waals surface area contributed by atoms with Gasteiger partial charge in [-0.15, -0.1) is 11.8 Å². The molecule has 1 N–H and O–H groups in total. The molecular formula is C17H16N2O4S2. The summed E-state index contributed by atoms with van der Waals surface area (Å²) in [6.45, 7) is -0.191. The van der Waals surface area contributed by atoms with Gasteiger partial charge in [0.1, 0.15) is 4.90 Å². The number of hydrogen-bond donors (Lipinski definition) is 1. The number of carbonyl (C=O) groups is 2. The van der Waals surface area contributed by atoms with E-state index in [9.17, 15) is 18.0 Å². The summed E-state index contributed by atoms with van der Waals surface area (Å²) in [7, 11) is -3.88. The molecule has 8 heteroatoms. The van der Waals surface area contributed by atoms with Gasteiger partial charge in [-0.3, -0.25) is 9.59 Å². The maximum absolute atomic E-state index is 12.4. The lowest BCUT2D eigenvalue weighted by molar-refractivity contribution is -0.116. The molecule has 0 atom stereocenters. The van der Waals surface area contributed by atoms with E-state index in [1.165, 1.54) is 23.9 Å². The zero-order valence-corrected chi connectivity index (χ0v) is 15.1. The summed E-state index contributed by atoms with van der Waals surface area (Å²) in [6.07, 6.45) is 1.79. The summed E-state index contributed by atoms with van der Waals surface area (Å²) in [5.41, 5.74) is 0.814. The van der Waals surface area contributed by atoms with Crippen molar-refractivity contribution in [2.75, 3.05) is 18.1 Å². The SMILES string of the molecule is CSc1ccccc1NC(=O)CCN1C(=O)c2ccccc2S1(=O)=O. The minimum absolute atomic E-state index is 0.00635. The Morgan fingerprint density at radius 1 is 1.12 bits per heavy atom. The number of thioether (sulfide) groups is 1. The second-order valence-electron chi connectivity index (χ2n) is 5.38. The van der Waals surface area contributed by atoms with Gasteiger partial charge < -0.3 is 5.32 Å². The fraction of sp³-hybridized carbons (Fsp3) is 0.176. The Morgan fingerprint density at radius 2 is 1.80 bits per heavy atom. The van der Waals surface area contributed by atoms with Gasteiger partial charge in [0.25, 0.3) is 15.9 Å². The van der Waals surface area contributed by atoms with Gasteiger partial charge in [0.15, 0.2) is 0 Å². The van der Waals surface area contributed by atoms with Gasteiger partial charge in [-0.05, 0) is 30.5 Å². The Bertz CT molecular complexity index is 941. The maximum Gasteiger partial charge on any atom is 0.269 e. The Hall–Kier alpha value is -2.32. The van der Waals surface area contributed by atoms with Crippen LogP contribution >= 0.6 is 11.8 Å². The van der Waals surface area contributed by atoms with Crippen LogP contribution in [0.4, 0.5) is 5.69 Å². The van der Waals surface area contributed by atoms with E-state index in [4.69, 9.17) is 0 Å². The molecule has 130 valence electrons. The van der Waals surface area contributed by atoms with Crippen LogP contribution in [-0.2, 0) is 14.8 Å². The number of nitrogens with one attached hydrogen (secondary N) is 1. The van der Waals surface area contributed by atoms with Crippen LogP contribution in [0.3, 0.4) is 0 Å². The number of hydrogen-bond acceptors (Lipinski definition) is 5. The van der Waals surface area contributed by atoms with Crippen molar-refractivity contribution < 1.29 is 18.0 Å². The summed E-state index contributed by atoms with van der Waals surface area (Å²) in [4.78, 5) is 25.4. The van der Waals surface area contributed by atoms with E-state index in [0.717, 1.165) is 9.20 Å². The molecule has 6 nitrogen and oxygen atoms in total. The first-order valence-corrected chi connectivity index (χ1v) is 10.2. The smallest absolute Gasteiger partial charge is 0.269 e. The van der Waals surface area contributed by atoms with Gasteiger partial charge >= 0.3 is 0 Å². The Kier molecular flexibility index (Phi) is 4.82. The van der Waals surface area contributed by atoms with Crippen molar-refractivity contribution in [3.8, 4) is 0 Å². The molecule has 1 heterocycles. The van der Waals surface area contributed by atoms with Crippen LogP contribution in [0.5, 0.6) is 0 Å². The first-order chi connectivity index (χ1) is 11.9. The van der Waals surface area contributed by atoms with Crippen LogP contribution in [0.1, 0.15) is 16.8 Å². The Balaban J connectivity index is 1.70. The van der Waals surface area contributed by atoms with E-state index >= 15 is 0 Å². The number of amides is 2. The van der Waals surface area contributed by atoms with Gasteiger partial charge in [0.2, 0.25) is 5.91 Å². The highest BCUT2D eigenvalue weighted by molar-refractivity contribution is 7.98. The molecule has 0 aromatic heterocycles. The van der Waals surface area contributed by atoms with Gasteiger partial charge in [0, 0.05) is 17.9 Å². The van der Waals surface area contributed by atoms with Crippen LogP contribution < -0.4 is 5.32 Å². The number of sulfonamides is 1. The normalized spacial score (nSPS) is 15.1. The predicted molar refractivity (Wildman–Crippen MR) is 96.1 cm³/mol. The molecule has 1 aliphatic heterocycles. The minimum Gasteiger partial charge on any atom is -0.325 e. The Morgan fingerprint density at radius 3 is 2.52 bits per heavy atom. The fourth-order valence-corrected chi connectivity index (χ4v) is 4.74. The summed E-state index contributed by atoms with van der Waals surface area (Å²) in [5, 5.41) is 2.76. The molecule has 0 aliphatic carbocycles. The molecule has 0 fully saturated rings. The van der Waals surface area contributed by atoms with Crippen molar-refractivity contribution in [3.05, 3.63) is 54.1 Å². The quantitative estimate of drug-likeness (QED) is 0.811. The largest absolute Gasteiger partial charge is 0.325 e. The lowest BCUT2D eigenvalue weighted by atomic mass is 10.2. The number of benzene rings is 2. The van der Waals surface area contributed by atoms with E-state index in [0.29, 0.717) is 5.69 Å². The molecule has 2 aromatic rings. The van der Waals surface area contributed by atoms with E-state index in [1.54, 1.807) is 24.3 Å². The highest BCUT2D eigenvalue weighted by Gasteiger charge is 2.40. The molecule has 0 saturated heterocycles. The van der Waals surface area contributed by atoms with Gasteiger partial charge in [-0.1, -0.05) is 24.3 Å². The highest BCUT2D eigenvalue weighted by Crippen LogP contribution is 2.30. The third-order valence-corrected chi connectivity index (χ3v) is 6.47. The molecule has 0 spiro atoms. The average Bonchev–Trinajstić information content (AvgIpc) is 2.80. The van der Waals surface area contributed by atoms with Crippen molar-refractivity contribution in [2.45, 2.75) is 16.2 Å². The molecule has 1 aliphatic rings. The lowest BCUT2D eigenvalue weighted by Gasteiger charge is -2.15. The zero-order valence-electron chi connectivity index (χ0n) is 13.4. The monoisotopic (exact) mass is 376 g/mol. The highest BCUT2D eigenvalue weighted by atomic mass is 32.2. The van der Waals surface area contributed by atoms with Gasteiger partial charge in [-0.2, -0.15) is 0 Å². The van der Waals surface area contributed by atoms with E-state index in [1.807, 2.05) is 18.4 Å². The molecule has 3 rings (SSSR count). The number of fused-ring (bicyclic) bond motifs is 1. The molecule has 25 heavy (non-hydrogen) atoms. The third-order valence-electron chi connectivity index (χ3n) is 3.84. The molecule has 0 radical (unpaired) electrons. The number of anilines is 1. The molecule has 0 bridgehead atoms. The number of rotatable bonds is 5. The topological polar surface area (TPSA) is 83.6 Å². The molecule has 0 saturated carbocycles. The summed E-state index contributed by atoms with van der Waals surface area (Å²) < 4.78 is 25.6.